The smallest absolute Gasteiger partial charge is 0.360 e. The predicted octanol–water partition coefficient (Wildman–Crippen LogP) is 1.61. The Morgan fingerprint density at radius 2 is 2.12 bits per heavy atom. The molecule has 5 heteroatoms. The molecule has 0 saturated heterocycles. The van der Waals surface area contributed by atoms with Crippen molar-refractivity contribution in [3.8, 4) is 0 Å². The van der Waals surface area contributed by atoms with Gasteiger partial charge in [-0.1, -0.05) is 13.8 Å². The fraction of sp³-hybridized carbons (Fsp3) is 0.636. The van der Waals surface area contributed by atoms with Crippen LogP contribution in [0.25, 0.3) is 0 Å². The normalized spacial score (nSPS) is 10.4. The molecule has 0 aromatic carbocycles. The molecule has 1 rings (SSSR count). The van der Waals surface area contributed by atoms with Crippen LogP contribution in [0.15, 0.2) is 0 Å². The fourth-order valence-corrected chi connectivity index (χ4v) is 1.61. The van der Waals surface area contributed by atoms with E-state index in [1.807, 2.05) is 11.5 Å². The van der Waals surface area contributed by atoms with Crippen LogP contribution in [0.1, 0.15) is 43.5 Å². The molecule has 1 aromatic heterocycles. The number of nitrogens with zero attached hydrogens (tertiary/aromatic N) is 2. The third-order valence-electron chi connectivity index (χ3n) is 2.32. The molecule has 0 spiro atoms. The second kappa shape index (κ2) is 5.53. The summed E-state index contributed by atoms with van der Waals surface area (Å²) in [6.45, 7) is 6.92. The van der Waals surface area contributed by atoms with Crippen LogP contribution < -0.4 is 5.73 Å². The van der Waals surface area contributed by atoms with Crippen LogP contribution in [0.5, 0.6) is 0 Å². The summed E-state index contributed by atoms with van der Waals surface area (Å²) < 4.78 is 6.79. The van der Waals surface area contributed by atoms with E-state index in [0.717, 1.165) is 25.2 Å². The summed E-state index contributed by atoms with van der Waals surface area (Å²) in [7, 11) is 0. The van der Waals surface area contributed by atoms with Gasteiger partial charge >= 0.3 is 5.97 Å². The second-order valence-electron chi connectivity index (χ2n) is 3.49. The van der Waals surface area contributed by atoms with Gasteiger partial charge in [-0.2, -0.15) is 0 Å². The largest absolute Gasteiger partial charge is 0.461 e. The molecular formula is C11H19N3O2. The summed E-state index contributed by atoms with van der Waals surface area (Å²) in [5.74, 6) is 0.809. The maximum atomic E-state index is 11.6. The van der Waals surface area contributed by atoms with Gasteiger partial charge in [-0.3, -0.25) is 0 Å². The standard InChI is InChI=1S/C11H19N3O2/c1-4-7-14-8(5-2)13-9(10(14)12)11(15)16-6-3/h4-7,12H2,1-3H3. The molecule has 2 N–H and O–H groups in total. The Morgan fingerprint density at radius 3 is 2.62 bits per heavy atom. The number of nitrogen functional groups attached to an aromatic ring is 1. The lowest BCUT2D eigenvalue weighted by atomic mass is 10.4. The summed E-state index contributed by atoms with van der Waals surface area (Å²) in [6, 6.07) is 0. The van der Waals surface area contributed by atoms with Gasteiger partial charge in [-0.25, -0.2) is 9.78 Å². The first kappa shape index (κ1) is 12.5. The van der Waals surface area contributed by atoms with Gasteiger partial charge in [0, 0.05) is 13.0 Å². The van der Waals surface area contributed by atoms with Gasteiger partial charge < -0.3 is 15.0 Å². The van der Waals surface area contributed by atoms with Gasteiger partial charge in [0.15, 0.2) is 5.69 Å². The molecule has 0 aliphatic carbocycles. The van der Waals surface area contributed by atoms with E-state index in [1.54, 1.807) is 6.92 Å². The highest BCUT2D eigenvalue weighted by atomic mass is 16.5. The van der Waals surface area contributed by atoms with Gasteiger partial charge in [-0.05, 0) is 13.3 Å². The lowest BCUT2D eigenvalue weighted by Crippen LogP contribution is -2.10. The van der Waals surface area contributed by atoms with E-state index in [1.165, 1.54) is 0 Å². The fourth-order valence-electron chi connectivity index (χ4n) is 1.61. The van der Waals surface area contributed by atoms with Crippen LogP contribution in [-0.4, -0.2) is 22.1 Å². The molecule has 0 saturated carbocycles. The van der Waals surface area contributed by atoms with Crippen molar-refractivity contribution >= 4 is 11.8 Å². The first-order chi connectivity index (χ1) is 7.65. The molecule has 0 aliphatic rings. The first-order valence-electron chi connectivity index (χ1n) is 5.67. The topological polar surface area (TPSA) is 70.1 Å². The zero-order valence-corrected chi connectivity index (χ0v) is 10.1. The third kappa shape index (κ3) is 2.35. The minimum absolute atomic E-state index is 0.243. The van der Waals surface area contributed by atoms with Gasteiger partial charge in [0.1, 0.15) is 11.6 Å². The van der Waals surface area contributed by atoms with Gasteiger partial charge in [0.05, 0.1) is 6.61 Å². The molecule has 1 aromatic rings. The summed E-state index contributed by atoms with van der Waals surface area (Å²) >= 11 is 0. The Hall–Kier alpha value is -1.52. The Labute approximate surface area is 95.6 Å². The number of aromatic nitrogens is 2. The quantitative estimate of drug-likeness (QED) is 0.773. The molecule has 0 fully saturated rings. The van der Waals surface area contributed by atoms with Crippen LogP contribution >= 0.6 is 0 Å². The number of carbonyl (C=O) groups excluding carboxylic acids is 1. The van der Waals surface area contributed by atoms with Crippen LogP contribution in [0.4, 0.5) is 5.82 Å². The van der Waals surface area contributed by atoms with Crippen molar-refractivity contribution < 1.29 is 9.53 Å². The van der Waals surface area contributed by atoms with Crippen molar-refractivity contribution in [2.24, 2.45) is 0 Å². The van der Waals surface area contributed by atoms with E-state index in [0.29, 0.717) is 12.4 Å². The molecule has 0 bridgehead atoms. The maximum absolute atomic E-state index is 11.6. The highest BCUT2D eigenvalue weighted by Crippen LogP contribution is 2.16. The number of aryl methyl sites for hydroxylation is 1. The van der Waals surface area contributed by atoms with Crippen molar-refractivity contribution in [2.75, 3.05) is 12.3 Å². The van der Waals surface area contributed by atoms with Crippen molar-refractivity contribution in [1.82, 2.24) is 9.55 Å². The number of nitrogens with two attached hydrogens (primary N) is 1. The number of hydrogen-bond acceptors (Lipinski definition) is 4. The molecule has 90 valence electrons. The lowest BCUT2D eigenvalue weighted by Gasteiger charge is -2.06. The van der Waals surface area contributed by atoms with Crippen LogP contribution in [0.3, 0.4) is 0 Å². The van der Waals surface area contributed by atoms with Crippen molar-refractivity contribution in [3.63, 3.8) is 0 Å². The minimum Gasteiger partial charge on any atom is -0.461 e. The van der Waals surface area contributed by atoms with E-state index in [2.05, 4.69) is 11.9 Å². The van der Waals surface area contributed by atoms with Gasteiger partial charge in [-0.15, -0.1) is 0 Å². The summed E-state index contributed by atoms with van der Waals surface area (Å²) in [4.78, 5) is 15.8. The zero-order valence-electron chi connectivity index (χ0n) is 10.1. The van der Waals surface area contributed by atoms with Crippen LogP contribution in [-0.2, 0) is 17.7 Å². The van der Waals surface area contributed by atoms with E-state index >= 15 is 0 Å². The van der Waals surface area contributed by atoms with Crippen molar-refractivity contribution in [1.29, 1.82) is 0 Å². The molecule has 1 heterocycles. The van der Waals surface area contributed by atoms with Gasteiger partial charge in [0.2, 0.25) is 0 Å². The number of anilines is 1. The molecular weight excluding hydrogens is 206 g/mol. The van der Waals surface area contributed by atoms with E-state index < -0.39 is 5.97 Å². The SMILES string of the molecule is CCCn1c(CC)nc(C(=O)OCC)c1N. The Morgan fingerprint density at radius 1 is 1.44 bits per heavy atom. The number of hydrogen-bond donors (Lipinski definition) is 1. The molecule has 0 amide bonds. The second-order valence-corrected chi connectivity index (χ2v) is 3.49. The Kier molecular flexibility index (Phi) is 4.34. The number of carbonyl (C=O) groups is 1. The Bertz CT molecular complexity index is 372. The number of ether oxygens (including phenoxy) is 1. The number of rotatable bonds is 5. The maximum Gasteiger partial charge on any atom is 0.360 e. The average molecular weight is 225 g/mol. The van der Waals surface area contributed by atoms with E-state index in [-0.39, 0.29) is 5.69 Å². The monoisotopic (exact) mass is 225 g/mol. The highest BCUT2D eigenvalue weighted by molar-refractivity contribution is 5.92. The van der Waals surface area contributed by atoms with Crippen LogP contribution in [0, 0.1) is 0 Å². The van der Waals surface area contributed by atoms with E-state index in [9.17, 15) is 4.79 Å². The molecule has 16 heavy (non-hydrogen) atoms. The van der Waals surface area contributed by atoms with Gasteiger partial charge in [0.25, 0.3) is 0 Å². The highest BCUT2D eigenvalue weighted by Gasteiger charge is 2.19. The lowest BCUT2D eigenvalue weighted by molar-refractivity contribution is 0.0521. The summed E-state index contributed by atoms with van der Waals surface area (Å²) in [6.07, 6.45) is 1.71. The molecule has 5 nitrogen and oxygen atoms in total. The van der Waals surface area contributed by atoms with E-state index in [4.69, 9.17) is 10.5 Å². The minimum atomic E-state index is -0.440. The number of imidazole rings is 1. The molecule has 0 unspecified atom stereocenters. The average Bonchev–Trinajstić information content (AvgIpc) is 2.57. The molecule has 0 aliphatic heterocycles. The van der Waals surface area contributed by atoms with Crippen LogP contribution in [0.2, 0.25) is 0 Å². The molecule has 0 atom stereocenters. The van der Waals surface area contributed by atoms with Crippen molar-refractivity contribution in [3.05, 3.63) is 11.5 Å². The summed E-state index contributed by atoms with van der Waals surface area (Å²) in [5, 5.41) is 0. The first-order valence-corrected chi connectivity index (χ1v) is 5.67. The summed E-state index contributed by atoms with van der Waals surface area (Å²) in [5.41, 5.74) is 6.14. The Balaban J connectivity index is 3.07. The predicted molar refractivity (Wildman–Crippen MR) is 62.3 cm³/mol. The number of esters is 1. The zero-order chi connectivity index (χ0) is 12.1. The van der Waals surface area contributed by atoms with Crippen molar-refractivity contribution in [2.45, 2.75) is 40.2 Å². The third-order valence-corrected chi connectivity index (χ3v) is 2.32. The molecule has 0 radical (unpaired) electrons.